The Labute approximate surface area is 117 Å². The van der Waals surface area contributed by atoms with Gasteiger partial charge in [-0.1, -0.05) is 42.5 Å². The van der Waals surface area contributed by atoms with E-state index in [0.29, 0.717) is 12.1 Å². The van der Waals surface area contributed by atoms with Crippen LogP contribution >= 0.6 is 0 Å². The summed E-state index contributed by atoms with van der Waals surface area (Å²) in [5.74, 6) is -0.00677. The van der Waals surface area contributed by atoms with Gasteiger partial charge in [-0.25, -0.2) is 0 Å². The van der Waals surface area contributed by atoms with E-state index in [9.17, 15) is 9.90 Å². The Balaban J connectivity index is 1.87. The van der Waals surface area contributed by atoms with Crippen molar-refractivity contribution in [2.45, 2.75) is 19.6 Å². The predicted molar refractivity (Wildman–Crippen MR) is 76.0 cm³/mol. The molecule has 0 spiro atoms. The Morgan fingerprint density at radius 2 is 1.65 bits per heavy atom. The summed E-state index contributed by atoms with van der Waals surface area (Å²) in [5.41, 5.74) is 2.42. The van der Waals surface area contributed by atoms with E-state index in [2.05, 4.69) is 5.32 Å². The van der Waals surface area contributed by atoms with E-state index >= 15 is 0 Å². The number of aliphatic hydroxyl groups excluding tert-OH is 1. The quantitative estimate of drug-likeness (QED) is 0.776. The molecule has 4 nitrogen and oxygen atoms in total. The van der Waals surface area contributed by atoms with E-state index in [1.807, 2.05) is 24.3 Å². The van der Waals surface area contributed by atoms with Crippen LogP contribution in [0.4, 0.5) is 0 Å². The van der Waals surface area contributed by atoms with Crippen LogP contribution in [0.25, 0.3) is 0 Å². The molecule has 0 aliphatic carbocycles. The number of carbonyl (C=O) groups excluding carboxylic acids is 1. The van der Waals surface area contributed by atoms with Gasteiger partial charge in [-0.05, 0) is 17.2 Å². The van der Waals surface area contributed by atoms with Crippen LogP contribution in [0.5, 0.6) is 5.75 Å². The van der Waals surface area contributed by atoms with Crippen molar-refractivity contribution in [3.05, 3.63) is 65.2 Å². The van der Waals surface area contributed by atoms with Crippen LogP contribution in [-0.4, -0.2) is 16.1 Å². The number of amides is 1. The lowest BCUT2D eigenvalue weighted by Crippen LogP contribution is -2.24. The first-order chi connectivity index (χ1) is 9.69. The molecule has 20 heavy (non-hydrogen) atoms. The molecule has 1 amide bonds. The largest absolute Gasteiger partial charge is 0.508 e. The summed E-state index contributed by atoms with van der Waals surface area (Å²) in [6.45, 7) is 0.443. The summed E-state index contributed by atoms with van der Waals surface area (Å²) < 4.78 is 0. The summed E-state index contributed by atoms with van der Waals surface area (Å²) in [5, 5.41) is 21.3. The number of aromatic hydroxyl groups is 1. The van der Waals surface area contributed by atoms with Crippen molar-refractivity contribution in [1.82, 2.24) is 5.32 Å². The van der Waals surface area contributed by atoms with Gasteiger partial charge in [-0.2, -0.15) is 0 Å². The van der Waals surface area contributed by atoms with Gasteiger partial charge in [0.1, 0.15) is 5.75 Å². The third-order valence-corrected chi connectivity index (χ3v) is 3.04. The van der Waals surface area contributed by atoms with Crippen LogP contribution in [0.2, 0.25) is 0 Å². The first-order valence-electron chi connectivity index (χ1n) is 6.41. The average Bonchev–Trinajstić information content (AvgIpc) is 2.48. The molecule has 0 saturated carbocycles. The van der Waals surface area contributed by atoms with Crippen LogP contribution in [0.1, 0.15) is 16.7 Å². The van der Waals surface area contributed by atoms with Crippen LogP contribution in [-0.2, 0) is 24.4 Å². The lowest BCUT2D eigenvalue weighted by Gasteiger charge is -2.07. The monoisotopic (exact) mass is 271 g/mol. The van der Waals surface area contributed by atoms with Crippen molar-refractivity contribution in [3.8, 4) is 5.75 Å². The zero-order chi connectivity index (χ0) is 14.4. The SMILES string of the molecule is O=C(Cc1ccccc1O)NCc1ccc(CO)cc1. The van der Waals surface area contributed by atoms with E-state index in [-0.39, 0.29) is 24.7 Å². The summed E-state index contributed by atoms with van der Waals surface area (Å²) in [7, 11) is 0. The molecule has 0 radical (unpaired) electrons. The Bertz CT molecular complexity index is 579. The molecule has 0 bridgehead atoms. The van der Waals surface area contributed by atoms with Crippen LogP contribution in [0, 0.1) is 0 Å². The first kappa shape index (κ1) is 14.1. The summed E-state index contributed by atoms with van der Waals surface area (Å²) in [6.07, 6.45) is 0.154. The highest BCUT2D eigenvalue weighted by Crippen LogP contribution is 2.15. The highest BCUT2D eigenvalue weighted by atomic mass is 16.3. The van der Waals surface area contributed by atoms with E-state index in [0.717, 1.165) is 11.1 Å². The second-order valence-corrected chi connectivity index (χ2v) is 4.56. The van der Waals surface area contributed by atoms with E-state index in [1.54, 1.807) is 24.3 Å². The first-order valence-corrected chi connectivity index (χ1v) is 6.41. The second kappa shape index (κ2) is 6.73. The third-order valence-electron chi connectivity index (χ3n) is 3.04. The Morgan fingerprint density at radius 3 is 2.30 bits per heavy atom. The van der Waals surface area contributed by atoms with Gasteiger partial charge in [0, 0.05) is 12.1 Å². The minimum Gasteiger partial charge on any atom is -0.508 e. The van der Waals surface area contributed by atoms with Crippen molar-refractivity contribution >= 4 is 5.91 Å². The molecule has 0 heterocycles. The number of carbonyl (C=O) groups is 1. The molecule has 0 aliphatic heterocycles. The van der Waals surface area contributed by atoms with Crippen molar-refractivity contribution in [3.63, 3.8) is 0 Å². The summed E-state index contributed by atoms with van der Waals surface area (Å²) >= 11 is 0. The molecule has 3 N–H and O–H groups in total. The summed E-state index contributed by atoms with van der Waals surface area (Å²) in [6, 6.07) is 14.2. The highest BCUT2D eigenvalue weighted by molar-refractivity contribution is 5.79. The number of rotatable bonds is 5. The van der Waals surface area contributed by atoms with Gasteiger partial charge in [-0.3, -0.25) is 4.79 Å². The number of hydrogen-bond acceptors (Lipinski definition) is 3. The van der Waals surface area contributed by atoms with E-state index in [4.69, 9.17) is 5.11 Å². The molecule has 4 heteroatoms. The van der Waals surface area contributed by atoms with E-state index in [1.165, 1.54) is 0 Å². The Kier molecular flexibility index (Phi) is 4.74. The predicted octanol–water partition coefficient (Wildman–Crippen LogP) is 1.74. The number of hydrogen-bond donors (Lipinski definition) is 3. The molecule has 2 rings (SSSR count). The van der Waals surface area contributed by atoms with Gasteiger partial charge >= 0.3 is 0 Å². The molecular formula is C16H17NO3. The number of nitrogens with one attached hydrogen (secondary N) is 1. The fraction of sp³-hybridized carbons (Fsp3) is 0.188. The smallest absolute Gasteiger partial charge is 0.224 e. The number of benzene rings is 2. The molecule has 0 atom stereocenters. The van der Waals surface area contributed by atoms with Crippen molar-refractivity contribution < 1.29 is 15.0 Å². The van der Waals surface area contributed by atoms with Gasteiger partial charge in [0.25, 0.3) is 0 Å². The standard InChI is InChI=1S/C16H17NO3/c18-11-13-7-5-12(6-8-13)10-17-16(20)9-14-3-1-2-4-15(14)19/h1-8,18-19H,9-11H2,(H,17,20). The number of aliphatic hydroxyl groups is 1. The normalized spacial score (nSPS) is 10.2. The molecule has 0 fully saturated rings. The maximum absolute atomic E-state index is 11.8. The molecule has 2 aromatic carbocycles. The Morgan fingerprint density at radius 1 is 1.00 bits per heavy atom. The number of phenols is 1. The second-order valence-electron chi connectivity index (χ2n) is 4.56. The minimum atomic E-state index is -0.141. The van der Waals surface area contributed by atoms with Gasteiger partial charge in [-0.15, -0.1) is 0 Å². The molecule has 2 aromatic rings. The molecule has 0 saturated heterocycles. The zero-order valence-electron chi connectivity index (χ0n) is 11.0. The van der Waals surface area contributed by atoms with Crippen LogP contribution < -0.4 is 5.32 Å². The van der Waals surface area contributed by atoms with Crippen molar-refractivity contribution in [1.29, 1.82) is 0 Å². The van der Waals surface area contributed by atoms with Gasteiger partial charge in [0.15, 0.2) is 0 Å². The maximum Gasteiger partial charge on any atom is 0.224 e. The van der Waals surface area contributed by atoms with Crippen LogP contribution in [0.3, 0.4) is 0 Å². The Hall–Kier alpha value is -2.33. The van der Waals surface area contributed by atoms with Crippen LogP contribution in [0.15, 0.2) is 48.5 Å². The zero-order valence-corrected chi connectivity index (χ0v) is 11.0. The van der Waals surface area contributed by atoms with E-state index < -0.39 is 0 Å². The summed E-state index contributed by atoms with van der Waals surface area (Å²) in [4.78, 5) is 11.8. The lowest BCUT2D eigenvalue weighted by molar-refractivity contribution is -0.120. The number of phenolic OH excluding ortho intramolecular Hbond substituents is 1. The maximum atomic E-state index is 11.8. The van der Waals surface area contributed by atoms with Crippen molar-refractivity contribution in [2.24, 2.45) is 0 Å². The molecule has 0 aliphatic rings. The molecule has 0 aromatic heterocycles. The fourth-order valence-electron chi connectivity index (χ4n) is 1.86. The molecule has 104 valence electrons. The highest BCUT2D eigenvalue weighted by Gasteiger charge is 2.06. The van der Waals surface area contributed by atoms with Gasteiger partial charge in [0.05, 0.1) is 13.0 Å². The molecular weight excluding hydrogens is 254 g/mol. The lowest BCUT2D eigenvalue weighted by atomic mass is 10.1. The minimum absolute atomic E-state index is 0.0138. The number of para-hydroxylation sites is 1. The topological polar surface area (TPSA) is 69.6 Å². The molecule has 0 unspecified atom stereocenters. The third kappa shape index (κ3) is 3.83. The van der Waals surface area contributed by atoms with Gasteiger partial charge < -0.3 is 15.5 Å². The fourth-order valence-corrected chi connectivity index (χ4v) is 1.86. The van der Waals surface area contributed by atoms with Gasteiger partial charge in [0.2, 0.25) is 5.91 Å². The average molecular weight is 271 g/mol. The van der Waals surface area contributed by atoms with Crippen molar-refractivity contribution in [2.75, 3.05) is 0 Å².